The number of para-hydroxylation sites is 3. The van der Waals surface area contributed by atoms with Gasteiger partial charge in [-0.3, -0.25) is 9.59 Å². The third kappa shape index (κ3) is 6.12. The number of hydrogen-bond acceptors (Lipinski definition) is 5. The molecule has 138 valence electrons. The van der Waals surface area contributed by atoms with Crippen LogP contribution in [-0.2, 0) is 14.3 Å². The van der Waals surface area contributed by atoms with Crippen LogP contribution in [0.2, 0.25) is 0 Å². The number of esters is 1. The van der Waals surface area contributed by atoms with Crippen LogP contribution in [-0.4, -0.2) is 31.2 Å². The molecule has 0 fully saturated rings. The van der Waals surface area contributed by atoms with Gasteiger partial charge in [0, 0.05) is 5.69 Å². The highest BCUT2D eigenvalue weighted by Gasteiger charge is 2.18. The van der Waals surface area contributed by atoms with Gasteiger partial charge in [0.05, 0.1) is 19.6 Å². The molecule has 0 heterocycles. The van der Waals surface area contributed by atoms with Crippen LogP contribution in [0.5, 0.6) is 11.5 Å². The number of rotatable bonds is 9. The standard InChI is InChI=1S/C20H23NO5/c1-3-24-17-11-7-8-12-18(17)25-14-13-19(22)26-15(2)20(23)21-16-9-5-4-6-10-16/h4-12,15H,3,13-14H2,1-2H3,(H,21,23)/t15-/m0/s1. The summed E-state index contributed by atoms with van der Waals surface area (Å²) in [5.74, 6) is 0.303. The molecule has 6 heteroatoms. The molecule has 2 aromatic rings. The van der Waals surface area contributed by atoms with Gasteiger partial charge in [0.15, 0.2) is 17.6 Å². The zero-order valence-corrected chi connectivity index (χ0v) is 14.9. The quantitative estimate of drug-likeness (QED) is 0.696. The molecule has 26 heavy (non-hydrogen) atoms. The van der Waals surface area contributed by atoms with E-state index in [0.29, 0.717) is 23.8 Å². The van der Waals surface area contributed by atoms with E-state index in [0.717, 1.165) is 0 Å². The Bertz CT molecular complexity index is 717. The fourth-order valence-electron chi connectivity index (χ4n) is 2.16. The van der Waals surface area contributed by atoms with Gasteiger partial charge in [-0.05, 0) is 38.1 Å². The van der Waals surface area contributed by atoms with Gasteiger partial charge in [-0.1, -0.05) is 30.3 Å². The van der Waals surface area contributed by atoms with Crippen LogP contribution in [0.1, 0.15) is 20.3 Å². The Labute approximate surface area is 153 Å². The Morgan fingerprint density at radius 2 is 1.58 bits per heavy atom. The summed E-state index contributed by atoms with van der Waals surface area (Å²) in [5.41, 5.74) is 0.649. The minimum Gasteiger partial charge on any atom is -0.490 e. The maximum absolute atomic E-state index is 12.0. The second kappa shape index (κ2) is 10.1. The minimum atomic E-state index is -0.890. The van der Waals surface area contributed by atoms with Crippen molar-refractivity contribution < 1.29 is 23.8 Å². The number of benzene rings is 2. The first-order chi connectivity index (χ1) is 12.6. The van der Waals surface area contributed by atoms with Crippen molar-refractivity contribution in [3.05, 3.63) is 54.6 Å². The maximum atomic E-state index is 12.0. The molecule has 1 amide bonds. The highest BCUT2D eigenvalue weighted by atomic mass is 16.6. The van der Waals surface area contributed by atoms with Gasteiger partial charge in [-0.2, -0.15) is 0 Å². The number of amides is 1. The third-order valence-electron chi connectivity index (χ3n) is 3.43. The van der Waals surface area contributed by atoms with Gasteiger partial charge < -0.3 is 19.5 Å². The average Bonchev–Trinajstić information content (AvgIpc) is 2.64. The minimum absolute atomic E-state index is 0.0312. The summed E-state index contributed by atoms with van der Waals surface area (Å²) in [7, 11) is 0. The van der Waals surface area contributed by atoms with Crippen LogP contribution in [0.3, 0.4) is 0 Å². The van der Waals surface area contributed by atoms with E-state index in [1.54, 1.807) is 24.3 Å². The normalized spacial score (nSPS) is 11.3. The zero-order valence-electron chi connectivity index (χ0n) is 14.9. The van der Waals surface area contributed by atoms with Crippen molar-refractivity contribution in [2.24, 2.45) is 0 Å². The van der Waals surface area contributed by atoms with E-state index in [-0.39, 0.29) is 18.9 Å². The van der Waals surface area contributed by atoms with Gasteiger partial charge in [0.2, 0.25) is 0 Å². The van der Waals surface area contributed by atoms with Crippen molar-refractivity contribution in [3.8, 4) is 11.5 Å². The molecular formula is C20H23NO5. The molecule has 0 aliphatic carbocycles. The van der Waals surface area contributed by atoms with Crippen LogP contribution in [0.15, 0.2) is 54.6 Å². The van der Waals surface area contributed by atoms with Crippen LogP contribution in [0.4, 0.5) is 5.69 Å². The SMILES string of the molecule is CCOc1ccccc1OCCC(=O)O[C@@H](C)C(=O)Nc1ccccc1. The fourth-order valence-corrected chi connectivity index (χ4v) is 2.16. The van der Waals surface area contributed by atoms with E-state index < -0.39 is 12.1 Å². The van der Waals surface area contributed by atoms with E-state index >= 15 is 0 Å². The lowest BCUT2D eigenvalue weighted by molar-refractivity contribution is -0.153. The summed E-state index contributed by atoms with van der Waals surface area (Å²) in [6.45, 7) is 4.07. The van der Waals surface area contributed by atoms with Crippen LogP contribution < -0.4 is 14.8 Å². The molecule has 0 radical (unpaired) electrons. The molecule has 2 rings (SSSR count). The molecule has 0 aliphatic heterocycles. The van der Waals surface area contributed by atoms with E-state index in [1.807, 2.05) is 37.3 Å². The molecule has 2 aromatic carbocycles. The number of carbonyl (C=O) groups is 2. The van der Waals surface area contributed by atoms with Crippen LogP contribution >= 0.6 is 0 Å². The average molecular weight is 357 g/mol. The van der Waals surface area contributed by atoms with Gasteiger partial charge >= 0.3 is 5.97 Å². The van der Waals surface area contributed by atoms with E-state index in [4.69, 9.17) is 14.2 Å². The molecule has 0 unspecified atom stereocenters. The lowest BCUT2D eigenvalue weighted by Gasteiger charge is -2.14. The molecule has 0 spiro atoms. The van der Waals surface area contributed by atoms with Crippen molar-refractivity contribution in [3.63, 3.8) is 0 Å². The number of ether oxygens (including phenoxy) is 3. The predicted octanol–water partition coefficient (Wildman–Crippen LogP) is 3.42. The summed E-state index contributed by atoms with van der Waals surface area (Å²) in [4.78, 5) is 23.9. The molecule has 6 nitrogen and oxygen atoms in total. The van der Waals surface area contributed by atoms with Gasteiger partial charge in [-0.25, -0.2) is 0 Å². The summed E-state index contributed by atoms with van der Waals surface area (Å²) in [5, 5.41) is 2.69. The van der Waals surface area contributed by atoms with E-state index in [2.05, 4.69) is 5.32 Å². The smallest absolute Gasteiger partial charge is 0.310 e. The summed E-state index contributed by atoms with van der Waals surface area (Å²) in [6.07, 6.45) is -0.859. The van der Waals surface area contributed by atoms with Gasteiger partial charge in [0.25, 0.3) is 5.91 Å². The van der Waals surface area contributed by atoms with Gasteiger partial charge in [-0.15, -0.1) is 0 Å². The second-order valence-electron chi connectivity index (χ2n) is 5.47. The number of carbonyl (C=O) groups excluding carboxylic acids is 2. The lowest BCUT2D eigenvalue weighted by Crippen LogP contribution is -2.30. The van der Waals surface area contributed by atoms with Crippen molar-refractivity contribution in [1.82, 2.24) is 0 Å². The molecule has 0 aliphatic rings. The summed E-state index contributed by atoms with van der Waals surface area (Å²) >= 11 is 0. The largest absolute Gasteiger partial charge is 0.490 e. The topological polar surface area (TPSA) is 73.9 Å². The maximum Gasteiger partial charge on any atom is 0.310 e. The number of nitrogens with one attached hydrogen (secondary N) is 1. The molecule has 1 N–H and O–H groups in total. The highest BCUT2D eigenvalue weighted by molar-refractivity contribution is 5.95. The first kappa shape index (κ1) is 19.3. The first-order valence-corrected chi connectivity index (χ1v) is 8.50. The number of hydrogen-bond donors (Lipinski definition) is 1. The van der Waals surface area contributed by atoms with Crippen molar-refractivity contribution in [2.45, 2.75) is 26.4 Å². The predicted molar refractivity (Wildman–Crippen MR) is 98.3 cm³/mol. The molecular weight excluding hydrogens is 334 g/mol. The van der Waals surface area contributed by atoms with Crippen molar-refractivity contribution in [1.29, 1.82) is 0 Å². The Balaban J connectivity index is 1.75. The second-order valence-corrected chi connectivity index (χ2v) is 5.47. The third-order valence-corrected chi connectivity index (χ3v) is 3.43. The fraction of sp³-hybridized carbons (Fsp3) is 0.300. The van der Waals surface area contributed by atoms with Crippen molar-refractivity contribution in [2.75, 3.05) is 18.5 Å². The van der Waals surface area contributed by atoms with Crippen LogP contribution in [0.25, 0.3) is 0 Å². The Morgan fingerprint density at radius 3 is 2.23 bits per heavy atom. The molecule has 0 saturated carbocycles. The summed E-state index contributed by atoms with van der Waals surface area (Å²) < 4.78 is 16.2. The first-order valence-electron chi connectivity index (χ1n) is 8.50. The summed E-state index contributed by atoms with van der Waals surface area (Å²) in [6, 6.07) is 16.2. The lowest BCUT2D eigenvalue weighted by atomic mass is 10.3. The number of anilines is 1. The molecule has 1 atom stereocenters. The molecule has 0 aromatic heterocycles. The Hall–Kier alpha value is -3.02. The molecule has 0 saturated heterocycles. The molecule has 0 bridgehead atoms. The van der Waals surface area contributed by atoms with Crippen molar-refractivity contribution >= 4 is 17.6 Å². The zero-order chi connectivity index (χ0) is 18.8. The van der Waals surface area contributed by atoms with E-state index in [9.17, 15) is 9.59 Å². The van der Waals surface area contributed by atoms with Crippen LogP contribution in [0, 0.1) is 0 Å². The highest BCUT2D eigenvalue weighted by Crippen LogP contribution is 2.26. The van der Waals surface area contributed by atoms with E-state index in [1.165, 1.54) is 6.92 Å². The Morgan fingerprint density at radius 1 is 0.962 bits per heavy atom. The Kier molecular flexibility index (Phi) is 7.49. The monoisotopic (exact) mass is 357 g/mol. The van der Waals surface area contributed by atoms with Gasteiger partial charge in [0.1, 0.15) is 0 Å².